The molecule has 2 nitrogen and oxygen atoms in total. The molecule has 2 aromatic rings. The number of fused-ring (bicyclic) bond motifs is 3. The van der Waals surface area contributed by atoms with E-state index in [0.29, 0.717) is 16.2 Å². The molecule has 0 fully saturated rings. The maximum Gasteiger partial charge on any atom is 0.129 e. The minimum absolute atomic E-state index is 0.376. The van der Waals surface area contributed by atoms with E-state index in [1.54, 1.807) is 0 Å². The van der Waals surface area contributed by atoms with Gasteiger partial charge < -0.3 is 0 Å². The van der Waals surface area contributed by atoms with Crippen molar-refractivity contribution in [1.29, 1.82) is 0 Å². The highest BCUT2D eigenvalue weighted by molar-refractivity contribution is 6.30. The van der Waals surface area contributed by atoms with Crippen molar-refractivity contribution in [3.05, 3.63) is 45.7 Å². The normalized spacial score (nSPS) is 13.3. The number of rotatable bonds is 5. The predicted molar refractivity (Wildman–Crippen MR) is 88.1 cm³/mol. The van der Waals surface area contributed by atoms with Gasteiger partial charge in [0.05, 0.1) is 11.4 Å². The molecular weight excluding hydrogens is 303 g/mol. The third kappa shape index (κ3) is 2.93. The molecule has 0 aliphatic heterocycles. The highest BCUT2D eigenvalue weighted by Gasteiger charge is 2.31. The lowest BCUT2D eigenvalue weighted by Gasteiger charge is -2.12. The van der Waals surface area contributed by atoms with E-state index >= 15 is 0 Å². The minimum Gasteiger partial charge on any atom is -0.234 e. The highest BCUT2D eigenvalue weighted by Crippen LogP contribution is 2.45. The Labute approximate surface area is 135 Å². The topological polar surface area (TPSA) is 25.8 Å². The van der Waals surface area contributed by atoms with E-state index in [9.17, 15) is 0 Å². The van der Waals surface area contributed by atoms with E-state index < -0.39 is 0 Å². The maximum atomic E-state index is 6.05. The Morgan fingerprint density at radius 2 is 1.43 bits per heavy atom. The van der Waals surface area contributed by atoms with Crippen LogP contribution in [0.25, 0.3) is 11.4 Å². The number of unbranched alkanes of at least 4 members (excludes halogenated alkanes) is 3. The van der Waals surface area contributed by atoms with Crippen molar-refractivity contribution < 1.29 is 0 Å². The number of aromatic nitrogens is 2. The van der Waals surface area contributed by atoms with Gasteiger partial charge in [-0.1, -0.05) is 67.9 Å². The van der Waals surface area contributed by atoms with Gasteiger partial charge in [0.1, 0.15) is 10.3 Å². The van der Waals surface area contributed by atoms with Crippen LogP contribution >= 0.6 is 23.2 Å². The molecule has 1 aliphatic rings. The van der Waals surface area contributed by atoms with Crippen LogP contribution in [-0.4, -0.2) is 9.97 Å². The molecule has 2 aromatic heterocycles. The summed E-state index contributed by atoms with van der Waals surface area (Å²) in [4.78, 5) is 8.95. The van der Waals surface area contributed by atoms with E-state index in [4.69, 9.17) is 23.2 Å². The Hall–Kier alpha value is -1.12. The molecule has 1 aliphatic carbocycles. The lowest BCUT2D eigenvalue weighted by molar-refractivity contribution is 0.601. The molecule has 0 amide bonds. The van der Waals surface area contributed by atoms with Crippen LogP contribution in [0.5, 0.6) is 0 Å². The van der Waals surface area contributed by atoms with E-state index in [1.807, 2.05) is 12.1 Å². The Morgan fingerprint density at radius 1 is 0.857 bits per heavy atom. The van der Waals surface area contributed by atoms with Gasteiger partial charge in [-0.3, -0.25) is 0 Å². The highest BCUT2D eigenvalue weighted by atomic mass is 35.5. The first-order valence-corrected chi connectivity index (χ1v) is 8.29. The fourth-order valence-electron chi connectivity index (χ4n) is 3.09. The van der Waals surface area contributed by atoms with Crippen LogP contribution in [0.3, 0.4) is 0 Å². The first kappa shape index (κ1) is 14.8. The van der Waals surface area contributed by atoms with Gasteiger partial charge in [-0.15, -0.1) is 0 Å². The number of pyridine rings is 2. The summed E-state index contributed by atoms with van der Waals surface area (Å²) < 4.78 is 0. The van der Waals surface area contributed by atoms with Gasteiger partial charge in [0.25, 0.3) is 0 Å². The largest absolute Gasteiger partial charge is 0.234 e. The summed E-state index contributed by atoms with van der Waals surface area (Å²) >= 11 is 12.1. The van der Waals surface area contributed by atoms with Crippen LogP contribution in [0.1, 0.15) is 56.1 Å². The second-order valence-corrected chi connectivity index (χ2v) is 6.32. The monoisotopic (exact) mass is 320 g/mol. The average molecular weight is 321 g/mol. The summed E-state index contributed by atoms with van der Waals surface area (Å²) in [5, 5.41) is 1.02. The zero-order valence-electron chi connectivity index (χ0n) is 12.1. The first-order valence-electron chi connectivity index (χ1n) is 7.54. The summed E-state index contributed by atoms with van der Waals surface area (Å²) in [6.45, 7) is 2.23. The van der Waals surface area contributed by atoms with Gasteiger partial charge in [0.2, 0.25) is 0 Å². The van der Waals surface area contributed by atoms with Crippen LogP contribution in [0.4, 0.5) is 0 Å². The molecule has 3 rings (SSSR count). The summed E-state index contributed by atoms with van der Waals surface area (Å²) in [7, 11) is 0. The van der Waals surface area contributed by atoms with E-state index in [1.165, 1.54) is 36.8 Å². The predicted octanol–water partition coefficient (Wildman–Crippen LogP) is 5.87. The summed E-state index contributed by atoms with van der Waals surface area (Å²) in [6, 6.07) is 7.91. The standard InChI is InChI=1S/C17H18Cl2N2/c1-2-3-4-5-6-11-12-7-9-14(18)20-16(12)17-13(11)8-10-15(19)21-17/h7-11H,2-6H2,1H3. The van der Waals surface area contributed by atoms with Gasteiger partial charge in [0.15, 0.2) is 0 Å². The van der Waals surface area contributed by atoms with Crippen molar-refractivity contribution in [3.8, 4) is 11.4 Å². The molecule has 0 N–H and O–H groups in total. The van der Waals surface area contributed by atoms with Gasteiger partial charge >= 0.3 is 0 Å². The van der Waals surface area contributed by atoms with Crippen molar-refractivity contribution in [2.45, 2.75) is 44.9 Å². The molecule has 0 aromatic carbocycles. The minimum atomic E-state index is 0.376. The zero-order chi connectivity index (χ0) is 14.8. The summed E-state index contributed by atoms with van der Waals surface area (Å²) in [6.07, 6.45) is 6.19. The van der Waals surface area contributed by atoms with Crippen LogP contribution in [0.2, 0.25) is 10.3 Å². The van der Waals surface area contributed by atoms with Gasteiger partial charge in [-0.2, -0.15) is 0 Å². The average Bonchev–Trinajstić information content (AvgIpc) is 2.77. The molecule has 0 atom stereocenters. The fraction of sp³-hybridized carbons (Fsp3) is 0.412. The third-order valence-electron chi connectivity index (χ3n) is 4.11. The van der Waals surface area contributed by atoms with Crippen molar-refractivity contribution in [3.63, 3.8) is 0 Å². The van der Waals surface area contributed by atoms with E-state index in [-0.39, 0.29) is 0 Å². The molecule has 21 heavy (non-hydrogen) atoms. The van der Waals surface area contributed by atoms with Crippen molar-refractivity contribution in [2.75, 3.05) is 0 Å². The molecule has 110 valence electrons. The van der Waals surface area contributed by atoms with E-state index in [2.05, 4.69) is 29.0 Å². The molecule has 0 unspecified atom stereocenters. The first-order chi connectivity index (χ1) is 10.2. The second kappa shape index (κ2) is 6.33. The lowest BCUT2D eigenvalue weighted by atomic mass is 9.92. The SMILES string of the molecule is CCCCCCC1c2ccc(Cl)nc2-c2nc(Cl)ccc21. The number of halogens is 2. The molecule has 0 radical (unpaired) electrons. The van der Waals surface area contributed by atoms with Gasteiger partial charge in [-0.05, 0) is 29.7 Å². The molecule has 4 heteroatoms. The van der Waals surface area contributed by atoms with Crippen LogP contribution < -0.4 is 0 Å². The molecular formula is C17H18Cl2N2. The van der Waals surface area contributed by atoms with Crippen LogP contribution in [-0.2, 0) is 0 Å². The summed E-state index contributed by atoms with van der Waals surface area (Å²) in [5.41, 5.74) is 4.28. The number of nitrogens with zero attached hydrogens (tertiary/aromatic N) is 2. The van der Waals surface area contributed by atoms with E-state index in [0.717, 1.165) is 17.8 Å². The quantitative estimate of drug-likeness (QED) is 0.509. The maximum absolute atomic E-state index is 6.05. The van der Waals surface area contributed by atoms with Crippen LogP contribution in [0.15, 0.2) is 24.3 Å². The molecule has 0 saturated carbocycles. The number of hydrogen-bond donors (Lipinski definition) is 0. The molecule has 0 saturated heterocycles. The van der Waals surface area contributed by atoms with Gasteiger partial charge in [-0.25, -0.2) is 9.97 Å². The Balaban J connectivity index is 1.95. The van der Waals surface area contributed by atoms with Gasteiger partial charge in [0, 0.05) is 5.92 Å². The Kier molecular flexibility index (Phi) is 4.46. The molecule has 0 bridgehead atoms. The fourth-order valence-corrected chi connectivity index (χ4v) is 3.38. The van der Waals surface area contributed by atoms with Crippen molar-refractivity contribution in [2.24, 2.45) is 0 Å². The summed E-state index contributed by atoms with van der Waals surface area (Å²) in [5.74, 6) is 0.376. The third-order valence-corrected chi connectivity index (χ3v) is 4.53. The lowest BCUT2D eigenvalue weighted by Crippen LogP contribution is -1.97. The Morgan fingerprint density at radius 3 is 1.95 bits per heavy atom. The number of hydrogen-bond acceptors (Lipinski definition) is 2. The van der Waals surface area contributed by atoms with Crippen molar-refractivity contribution in [1.82, 2.24) is 9.97 Å². The Bertz CT molecular complexity index is 604. The molecule has 2 heterocycles. The van der Waals surface area contributed by atoms with Crippen LogP contribution in [0, 0.1) is 0 Å². The zero-order valence-corrected chi connectivity index (χ0v) is 13.6. The smallest absolute Gasteiger partial charge is 0.129 e. The second-order valence-electron chi connectivity index (χ2n) is 5.55. The molecule has 0 spiro atoms. The van der Waals surface area contributed by atoms with Crippen molar-refractivity contribution >= 4 is 23.2 Å².